The molecule has 0 aromatic heterocycles. The molecule has 1 aromatic rings. The normalized spacial score (nSPS) is 29.2. The highest BCUT2D eigenvalue weighted by atomic mass is 16.6. The first-order valence-electron chi connectivity index (χ1n) is 8.01. The Kier molecular flexibility index (Phi) is 3.64. The summed E-state index contributed by atoms with van der Waals surface area (Å²) in [5.41, 5.74) is 0.588. The number of aliphatic hydroxyl groups is 1. The van der Waals surface area contributed by atoms with Crippen molar-refractivity contribution < 1.29 is 14.6 Å². The SMILES string of the molecule is CC(C)(C)C1CCC(O)(c2ccc3c(c2)OCCO3)CC1. The van der Waals surface area contributed by atoms with Crippen LogP contribution in [0.15, 0.2) is 18.2 Å². The zero-order valence-electron chi connectivity index (χ0n) is 13.3. The van der Waals surface area contributed by atoms with E-state index in [0.717, 1.165) is 42.7 Å². The number of rotatable bonds is 1. The van der Waals surface area contributed by atoms with Crippen LogP contribution >= 0.6 is 0 Å². The standard InChI is InChI=1S/C18H26O3/c1-17(2,3)13-6-8-18(19,9-7-13)14-4-5-15-16(12-14)21-11-10-20-15/h4-5,12-13,19H,6-11H2,1-3H3. The Morgan fingerprint density at radius 3 is 2.29 bits per heavy atom. The Bertz CT molecular complexity index is 508. The van der Waals surface area contributed by atoms with E-state index in [-0.39, 0.29) is 0 Å². The second kappa shape index (κ2) is 5.20. The molecule has 0 amide bonds. The van der Waals surface area contributed by atoms with Gasteiger partial charge in [-0.15, -0.1) is 0 Å². The summed E-state index contributed by atoms with van der Waals surface area (Å²) in [6, 6.07) is 5.88. The zero-order chi connectivity index (χ0) is 15.1. The molecule has 0 spiro atoms. The van der Waals surface area contributed by atoms with Crippen molar-refractivity contribution in [3.05, 3.63) is 23.8 Å². The third kappa shape index (κ3) is 2.89. The van der Waals surface area contributed by atoms with Gasteiger partial charge in [0.05, 0.1) is 5.60 Å². The van der Waals surface area contributed by atoms with Crippen LogP contribution in [0, 0.1) is 11.3 Å². The number of fused-ring (bicyclic) bond motifs is 1. The molecule has 0 saturated heterocycles. The summed E-state index contributed by atoms with van der Waals surface area (Å²) in [5.74, 6) is 2.25. The van der Waals surface area contributed by atoms with Crippen LogP contribution < -0.4 is 9.47 Å². The van der Waals surface area contributed by atoms with E-state index in [4.69, 9.17) is 9.47 Å². The molecule has 2 aliphatic rings. The van der Waals surface area contributed by atoms with Gasteiger partial charge in [-0.2, -0.15) is 0 Å². The highest BCUT2D eigenvalue weighted by molar-refractivity contribution is 5.45. The topological polar surface area (TPSA) is 38.7 Å². The first kappa shape index (κ1) is 14.7. The van der Waals surface area contributed by atoms with Crippen LogP contribution in [-0.2, 0) is 5.60 Å². The second-order valence-electron chi connectivity index (χ2n) is 7.53. The van der Waals surface area contributed by atoms with Gasteiger partial charge in [0, 0.05) is 0 Å². The largest absolute Gasteiger partial charge is 0.486 e. The number of benzene rings is 1. The van der Waals surface area contributed by atoms with Crippen molar-refractivity contribution in [1.82, 2.24) is 0 Å². The summed E-state index contributed by atoms with van der Waals surface area (Å²) >= 11 is 0. The van der Waals surface area contributed by atoms with E-state index in [2.05, 4.69) is 20.8 Å². The lowest BCUT2D eigenvalue weighted by molar-refractivity contribution is -0.0300. The number of ether oxygens (including phenoxy) is 2. The molecule has 1 N–H and O–H groups in total. The molecule has 0 bridgehead atoms. The molecule has 1 saturated carbocycles. The summed E-state index contributed by atoms with van der Waals surface area (Å²) < 4.78 is 11.2. The van der Waals surface area contributed by atoms with Gasteiger partial charge < -0.3 is 14.6 Å². The van der Waals surface area contributed by atoms with Crippen molar-refractivity contribution in [3.63, 3.8) is 0 Å². The zero-order valence-corrected chi connectivity index (χ0v) is 13.3. The van der Waals surface area contributed by atoms with Crippen molar-refractivity contribution in [2.75, 3.05) is 13.2 Å². The Hall–Kier alpha value is -1.22. The van der Waals surface area contributed by atoms with E-state index in [1.54, 1.807) is 0 Å². The molecule has 0 radical (unpaired) electrons. The van der Waals surface area contributed by atoms with Crippen LogP contribution in [0.4, 0.5) is 0 Å². The molecule has 0 atom stereocenters. The van der Waals surface area contributed by atoms with Crippen molar-refractivity contribution >= 4 is 0 Å². The lowest BCUT2D eigenvalue weighted by atomic mass is 9.67. The van der Waals surface area contributed by atoms with Crippen LogP contribution in [0.25, 0.3) is 0 Å². The first-order valence-corrected chi connectivity index (χ1v) is 8.01. The van der Waals surface area contributed by atoms with Gasteiger partial charge in [0.25, 0.3) is 0 Å². The second-order valence-corrected chi connectivity index (χ2v) is 7.53. The molecule has 1 aliphatic heterocycles. The number of hydrogen-bond acceptors (Lipinski definition) is 3. The molecule has 1 heterocycles. The van der Waals surface area contributed by atoms with E-state index in [1.807, 2.05) is 18.2 Å². The number of hydrogen-bond donors (Lipinski definition) is 1. The average molecular weight is 290 g/mol. The van der Waals surface area contributed by atoms with Crippen LogP contribution in [0.1, 0.15) is 52.0 Å². The Morgan fingerprint density at radius 1 is 1.05 bits per heavy atom. The molecule has 3 rings (SSSR count). The molecule has 3 nitrogen and oxygen atoms in total. The van der Waals surface area contributed by atoms with Crippen LogP contribution in [0.2, 0.25) is 0 Å². The van der Waals surface area contributed by atoms with E-state index >= 15 is 0 Å². The maximum atomic E-state index is 11.0. The van der Waals surface area contributed by atoms with Gasteiger partial charge in [-0.25, -0.2) is 0 Å². The highest BCUT2D eigenvalue weighted by Gasteiger charge is 2.38. The molecule has 1 aliphatic carbocycles. The van der Waals surface area contributed by atoms with E-state index < -0.39 is 5.60 Å². The Balaban J connectivity index is 1.78. The minimum absolute atomic E-state index is 0.328. The summed E-state index contributed by atoms with van der Waals surface area (Å²) in [6.45, 7) is 8.08. The molecule has 0 unspecified atom stereocenters. The minimum atomic E-state index is -0.711. The summed E-state index contributed by atoms with van der Waals surface area (Å²) in [7, 11) is 0. The van der Waals surface area contributed by atoms with E-state index in [1.165, 1.54) is 0 Å². The third-order valence-corrected chi connectivity index (χ3v) is 5.12. The van der Waals surface area contributed by atoms with Gasteiger partial charge in [0.15, 0.2) is 11.5 Å². The summed E-state index contributed by atoms with van der Waals surface area (Å²) in [6.07, 6.45) is 3.81. The third-order valence-electron chi connectivity index (χ3n) is 5.12. The molecular formula is C18H26O3. The summed E-state index contributed by atoms with van der Waals surface area (Å²) in [5, 5.41) is 11.0. The van der Waals surface area contributed by atoms with E-state index in [9.17, 15) is 5.11 Å². The Labute approximate surface area is 127 Å². The fourth-order valence-electron chi connectivity index (χ4n) is 3.58. The maximum absolute atomic E-state index is 11.0. The fraction of sp³-hybridized carbons (Fsp3) is 0.667. The lowest BCUT2D eigenvalue weighted by Crippen LogP contribution is -2.35. The van der Waals surface area contributed by atoms with Crippen molar-refractivity contribution in [2.45, 2.75) is 52.1 Å². The molecule has 21 heavy (non-hydrogen) atoms. The molecule has 3 heteroatoms. The first-order chi connectivity index (χ1) is 9.88. The average Bonchev–Trinajstić information content (AvgIpc) is 2.46. The van der Waals surface area contributed by atoms with Crippen LogP contribution in [-0.4, -0.2) is 18.3 Å². The lowest BCUT2D eigenvalue weighted by Gasteiger charge is -2.41. The maximum Gasteiger partial charge on any atom is 0.161 e. The monoisotopic (exact) mass is 290 g/mol. The van der Waals surface area contributed by atoms with Crippen LogP contribution in [0.3, 0.4) is 0 Å². The van der Waals surface area contributed by atoms with Crippen LogP contribution in [0.5, 0.6) is 11.5 Å². The van der Waals surface area contributed by atoms with Crippen molar-refractivity contribution in [3.8, 4) is 11.5 Å². The molecule has 116 valence electrons. The van der Waals surface area contributed by atoms with Gasteiger partial charge in [-0.3, -0.25) is 0 Å². The molecule has 1 aromatic carbocycles. The Morgan fingerprint density at radius 2 is 1.67 bits per heavy atom. The predicted molar refractivity (Wildman–Crippen MR) is 82.7 cm³/mol. The molecule has 1 fully saturated rings. The highest BCUT2D eigenvalue weighted by Crippen LogP contribution is 2.46. The van der Waals surface area contributed by atoms with E-state index in [0.29, 0.717) is 24.5 Å². The van der Waals surface area contributed by atoms with Gasteiger partial charge in [-0.05, 0) is 54.7 Å². The fourth-order valence-corrected chi connectivity index (χ4v) is 3.58. The van der Waals surface area contributed by atoms with Gasteiger partial charge in [0.2, 0.25) is 0 Å². The molecular weight excluding hydrogens is 264 g/mol. The van der Waals surface area contributed by atoms with Gasteiger partial charge in [0.1, 0.15) is 13.2 Å². The van der Waals surface area contributed by atoms with Gasteiger partial charge >= 0.3 is 0 Å². The van der Waals surface area contributed by atoms with Gasteiger partial charge in [-0.1, -0.05) is 26.8 Å². The predicted octanol–water partition coefficient (Wildman–Crippen LogP) is 3.88. The minimum Gasteiger partial charge on any atom is -0.486 e. The summed E-state index contributed by atoms with van der Waals surface area (Å²) in [4.78, 5) is 0. The smallest absolute Gasteiger partial charge is 0.161 e. The van der Waals surface area contributed by atoms with Crippen molar-refractivity contribution in [1.29, 1.82) is 0 Å². The quantitative estimate of drug-likeness (QED) is 0.853. The van der Waals surface area contributed by atoms with Crippen molar-refractivity contribution in [2.24, 2.45) is 11.3 Å².